The first kappa shape index (κ1) is 16.2. The second-order valence-electron chi connectivity index (χ2n) is 7.23. The van der Waals surface area contributed by atoms with E-state index in [0.717, 1.165) is 51.1 Å². The highest BCUT2D eigenvalue weighted by Crippen LogP contribution is 2.29. The summed E-state index contributed by atoms with van der Waals surface area (Å²) < 4.78 is 0. The van der Waals surface area contributed by atoms with E-state index in [1.807, 2.05) is 0 Å². The molecule has 0 saturated carbocycles. The first-order valence-corrected chi connectivity index (χ1v) is 9.00. The van der Waals surface area contributed by atoms with Crippen molar-refractivity contribution in [1.82, 2.24) is 15.3 Å². The Kier molecular flexibility index (Phi) is 5.13. The van der Waals surface area contributed by atoms with Crippen LogP contribution >= 0.6 is 0 Å². The van der Waals surface area contributed by atoms with Gasteiger partial charge in [-0.1, -0.05) is 13.8 Å². The number of fused-ring (bicyclic) bond motifs is 1. The van der Waals surface area contributed by atoms with Crippen LogP contribution in [0, 0.1) is 11.8 Å². The van der Waals surface area contributed by atoms with Gasteiger partial charge >= 0.3 is 0 Å². The van der Waals surface area contributed by atoms with Crippen molar-refractivity contribution in [3.63, 3.8) is 0 Å². The second-order valence-corrected chi connectivity index (χ2v) is 7.23. The van der Waals surface area contributed by atoms with E-state index in [0.29, 0.717) is 5.92 Å². The number of hydrogen-bond donors (Lipinski definition) is 1. The molecule has 2 aliphatic rings. The van der Waals surface area contributed by atoms with Crippen LogP contribution in [0.5, 0.6) is 0 Å². The van der Waals surface area contributed by atoms with Gasteiger partial charge in [-0.2, -0.15) is 0 Å². The van der Waals surface area contributed by atoms with Crippen molar-refractivity contribution in [2.45, 2.75) is 52.4 Å². The predicted octanol–water partition coefficient (Wildman–Crippen LogP) is 2.34. The van der Waals surface area contributed by atoms with Gasteiger partial charge in [0.05, 0.1) is 0 Å². The molecule has 1 N–H and O–H groups in total. The Bertz CT molecular complexity index is 550. The Hall–Kier alpha value is -1.65. The number of rotatable bonds is 4. The van der Waals surface area contributed by atoms with Crippen LogP contribution in [0.2, 0.25) is 0 Å². The van der Waals surface area contributed by atoms with Crippen LogP contribution in [0.4, 0.5) is 5.82 Å². The molecule has 0 atom stereocenters. The van der Waals surface area contributed by atoms with Crippen LogP contribution in [-0.4, -0.2) is 35.5 Å². The number of aromatic nitrogens is 2. The van der Waals surface area contributed by atoms with Gasteiger partial charge in [-0.3, -0.25) is 4.79 Å². The molecule has 5 nitrogen and oxygen atoms in total. The molecule has 23 heavy (non-hydrogen) atoms. The highest BCUT2D eigenvalue weighted by Gasteiger charge is 2.27. The normalized spacial score (nSPS) is 18.8. The molecule has 1 fully saturated rings. The van der Waals surface area contributed by atoms with Crippen molar-refractivity contribution in [2.75, 3.05) is 24.5 Å². The van der Waals surface area contributed by atoms with Crippen molar-refractivity contribution in [1.29, 1.82) is 0 Å². The summed E-state index contributed by atoms with van der Waals surface area (Å²) in [6, 6.07) is 0. The lowest BCUT2D eigenvalue weighted by Gasteiger charge is -2.34. The molecule has 2 heterocycles. The van der Waals surface area contributed by atoms with Crippen molar-refractivity contribution in [3.8, 4) is 0 Å². The maximum absolute atomic E-state index is 12.2. The monoisotopic (exact) mass is 316 g/mol. The average Bonchev–Trinajstić information content (AvgIpc) is 2.59. The van der Waals surface area contributed by atoms with E-state index in [1.54, 1.807) is 6.33 Å². The van der Waals surface area contributed by atoms with Gasteiger partial charge in [0.1, 0.15) is 12.1 Å². The summed E-state index contributed by atoms with van der Waals surface area (Å²) >= 11 is 0. The second kappa shape index (κ2) is 7.28. The third-order valence-corrected chi connectivity index (χ3v) is 4.95. The molecule has 126 valence electrons. The summed E-state index contributed by atoms with van der Waals surface area (Å²) in [5.74, 6) is 2.01. The zero-order chi connectivity index (χ0) is 16.2. The average molecular weight is 316 g/mol. The molecule has 0 aromatic carbocycles. The van der Waals surface area contributed by atoms with Gasteiger partial charge in [-0.05, 0) is 44.4 Å². The van der Waals surface area contributed by atoms with E-state index in [9.17, 15) is 4.79 Å². The number of piperidine rings is 1. The van der Waals surface area contributed by atoms with Gasteiger partial charge in [-0.15, -0.1) is 0 Å². The van der Waals surface area contributed by atoms with E-state index >= 15 is 0 Å². The van der Waals surface area contributed by atoms with Gasteiger partial charge in [0, 0.05) is 36.8 Å². The summed E-state index contributed by atoms with van der Waals surface area (Å²) in [7, 11) is 0. The molecule has 1 aliphatic heterocycles. The maximum atomic E-state index is 12.2. The Morgan fingerprint density at radius 2 is 2.00 bits per heavy atom. The zero-order valence-electron chi connectivity index (χ0n) is 14.3. The van der Waals surface area contributed by atoms with Crippen LogP contribution in [-0.2, 0) is 17.6 Å². The quantitative estimate of drug-likeness (QED) is 0.926. The minimum atomic E-state index is 0.155. The minimum absolute atomic E-state index is 0.155. The number of nitrogens with one attached hydrogen (secondary N) is 1. The first-order valence-electron chi connectivity index (χ1n) is 9.00. The lowest BCUT2D eigenvalue weighted by atomic mass is 9.93. The minimum Gasteiger partial charge on any atom is -0.356 e. The number of aryl methyl sites for hydroxylation is 1. The summed E-state index contributed by atoms with van der Waals surface area (Å²) in [6.07, 6.45) is 8.20. The molecular weight excluding hydrogens is 288 g/mol. The van der Waals surface area contributed by atoms with Crippen LogP contribution in [0.25, 0.3) is 0 Å². The molecule has 0 spiro atoms. The molecule has 1 saturated heterocycles. The third kappa shape index (κ3) is 3.82. The van der Waals surface area contributed by atoms with Crippen LogP contribution in [0.15, 0.2) is 6.33 Å². The Balaban J connectivity index is 1.60. The molecule has 1 aliphatic carbocycles. The zero-order valence-corrected chi connectivity index (χ0v) is 14.3. The van der Waals surface area contributed by atoms with E-state index in [4.69, 9.17) is 0 Å². The van der Waals surface area contributed by atoms with E-state index in [1.165, 1.54) is 24.1 Å². The van der Waals surface area contributed by atoms with Crippen molar-refractivity contribution < 1.29 is 4.79 Å². The number of amides is 1. The summed E-state index contributed by atoms with van der Waals surface area (Å²) in [6.45, 7) is 6.87. The van der Waals surface area contributed by atoms with Crippen LogP contribution in [0.3, 0.4) is 0 Å². The van der Waals surface area contributed by atoms with E-state index in [-0.39, 0.29) is 11.8 Å². The summed E-state index contributed by atoms with van der Waals surface area (Å²) in [4.78, 5) is 23.6. The fraction of sp³-hybridized carbons (Fsp3) is 0.722. The molecule has 0 unspecified atom stereocenters. The number of carbonyl (C=O) groups excluding carboxylic acids is 1. The van der Waals surface area contributed by atoms with Gasteiger partial charge < -0.3 is 10.2 Å². The lowest BCUT2D eigenvalue weighted by Crippen LogP contribution is -2.42. The molecule has 0 radical (unpaired) electrons. The molecule has 1 aromatic rings. The standard InChI is InChI=1S/C18H28N4O/c1-13(2)11-19-18(23)14-7-9-22(10-8-14)17-15-5-3-4-6-16(15)20-12-21-17/h12-14H,3-11H2,1-2H3,(H,19,23). The molecule has 5 heteroatoms. The van der Waals surface area contributed by atoms with Gasteiger partial charge in [0.15, 0.2) is 0 Å². The topological polar surface area (TPSA) is 58.1 Å². The van der Waals surface area contributed by atoms with Crippen molar-refractivity contribution in [2.24, 2.45) is 11.8 Å². The van der Waals surface area contributed by atoms with Gasteiger partial charge in [0.2, 0.25) is 5.91 Å². The third-order valence-electron chi connectivity index (χ3n) is 4.95. The predicted molar refractivity (Wildman–Crippen MR) is 91.5 cm³/mol. The van der Waals surface area contributed by atoms with E-state index < -0.39 is 0 Å². The maximum Gasteiger partial charge on any atom is 0.223 e. The van der Waals surface area contributed by atoms with Crippen molar-refractivity contribution >= 4 is 11.7 Å². The summed E-state index contributed by atoms with van der Waals surface area (Å²) in [5.41, 5.74) is 2.58. The van der Waals surface area contributed by atoms with Gasteiger partial charge in [-0.25, -0.2) is 9.97 Å². The van der Waals surface area contributed by atoms with Crippen molar-refractivity contribution in [3.05, 3.63) is 17.6 Å². The number of carbonyl (C=O) groups is 1. The smallest absolute Gasteiger partial charge is 0.223 e. The first-order chi connectivity index (χ1) is 11.1. The largest absolute Gasteiger partial charge is 0.356 e. The molecule has 0 bridgehead atoms. The summed E-state index contributed by atoms with van der Waals surface area (Å²) in [5, 5.41) is 3.07. The molecule has 1 aromatic heterocycles. The Morgan fingerprint density at radius 3 is 2.74 bits per heavy atom. The fourth-order valence-electron chi connectivity index (χ4n) is 3.58. The SMILES string of the molecule is CC(C)CNC(=O)C1CCN(c2ncnc3c2CCCC3)CC1. The Labute approximate surface area is 138 Å². The van der Waals surface area contributed by atoms with E-state index in [2.05, 4.69) is 34.0 Å². The molecular formula is C18H28N4O. The van der Waals surface area contributed by atoms with Crippen LogP contribution < -0.4 is 10.2 Å². The number of nitrogens with zero attached hydrogens (tertiary/aromatic N) is 3. The highest BCUT2D eigenvalue weighted by molar-refractivity contribution is 5.79. The van der Waals surface area contributed by atoms with Gasteiger partial charge in [0.25, 0.3) is 0 Å². The number of hydrogen-bond acceptors (Lipinski definition) is 4. The number of anilines is 1. The highest BCUT2D eigenvalue weighted by atomic mass is 16.1. The van der Waals surface area contributed by atoms with Crippen LogP contribution in [0.1, 0.15) is 50.8 Å². The molecule has 1 amide bonds. The fourth-order valence-corrected chi connectivity index (χ4v) is 3.58. The Morgan fingerprint density at radius 1 is 1.26 bits per heavy atom. The lowest BCUT2D eigenvalue weighted by molar-refractivity contribution is -0.125. The molecule has 3 rings (SSSR count).